The molecular weight excluding hydrogens is 364 g/mol. The Hall–Kier alpha value is -1.67. The van der Waals surface area contributed by atoms with Gasteiger partial charge in [-0.3, -0.25) is 4.99 Å². The van der Waals surface area contributed by atoms with Crippen molar-refractivity contribution in [1.29, 1.82) is 0 Å². The summed E-state index contributed by atoms with van der Waals surface area (Å²) in [5, 5.41) is 16.6. The number of esters is 1. The highest BCUT2D eigenvalue weighted by Gasteiger charge is 2.20. The third kappa shape index (κ3) is 7.84. The average molecular weight is 399 g/mol. The normalized spacial score (nSPS) is 13.9. The maximum Gasteiger partial charge on any atom is 0.350 e. The largest absolute Gasteiger partial charge is 0.462 e. The highest BCUT2D eigenvalue weighted by atomic mass is 32.1. The predicted molar refractivity (Wildman–Crippen MR) is 110 cm³/mol. The van der Waals surface area contributed by atoms with Crippen molar-refractivity contribution in [2.75, 3.05) is 26.3 Å². The molecule has 1 rings (SSSR count). The molecule has 154 valence electrons. The van der Waals surface area contributed by atoms with Crippen LogP contribution in [0.3, 0.4) is 0 Å². The van der Waals surface area contributed by atoms with Gasteiger partial charge in [0.15, 0.2) is 5.96 Å². The van der Waals surface area contributed by atoms with Crippen molar-refractivity contribution < 1.29 is 14.6 Å². The second-order valence-electron chi connectivity index (χ2n) is 6.44. The Balaban J connectivity index is 2.82. The zero-order chi connectivity index (χ0) is 20.2. The topological polar surface area (TPSA) is 95.8 Å². The summed E-state index contributed by atoms with van der Waals surface area (Å²) >= 11 is 1.35. The van der Waals surface area contributed by atoms with Crippen molar-refractivity contribution in [3.63, 3.8) is 0 Å². The summed E-state index contributed by atoms with van der Waals surface area (Å²) in [6.07, 6.45) is 2.89. The van der Waals surface area contributed by atoms with Gasteiger partial charge >= 0.3 is 5.97 Å². The molecule has 0 saturated carbocycles. The lowest BCUT2D eigenvalue weighted by atomic mass is 10.0. The molecule has 0 aromatic carbocycles. The Morgan fingerprint density at radius 2 is 2.07 bits per heavy atom. The minimum absolute atomic E-state index is 0.0860. The summed E-state index contributed by atoms with van der Waals surface area (Å²) in [5.74, 6) is 0.774. The van der Waals surface area contributed by atoms with E-state index in [0.717, 1.165) is 36.8 Å². The second-order valence-corrected chi connectivity index (χ2v) is 7.47. The van der Waals surface area contributed by atoms with E-state index in [0.29, 0.717) is 29.6 Å². The van der Waals surface area contributed by atoms with Crippen LogP contribution in [0.1, 0.15) is 73.4 Å². The first-order valence-corrected chi connectivity index (χ1v) is 10.6. The molecule has 0 amide bonds. The minimum atomic E-state index is -0.321. The number of nitrogens with one attached hydrogen (secondary N) is 2. The Labute approximate surface area is 166 Å². The third-order valence-electron chi connectivity index (χ3n) is 4.08. The highest BCUT2D eigenvalue weighted by molar-refractivity contribution is 7.13. The number of thiazole rings is 1. The van der Waals surface area contributed by atoms with E-state index in [9.17, 15) is 9.90 Å². The molecule has 0 saturated heterocycles. The smallest absolute Gasteiger partial charge is 0.350 e. The van der Waals surface area contributed by atoms with E-state index >= 15 is 0 Å². The van der Waals surface area contributed by atoms with Crippen LogP contribution in [0.5, 0.6) is 0 Å². The van der Waals surface area contributed by atoms with E-state index in [1.807, 2.05) is 20.8 Å². The van der Waals surface area contributed by atoms with Gasteiger partial charge in [0.2, 0.25) is 0 Å². The lowest BCUT2D eigenvalue weighted by molar-refractivity contribution is 0.0531. The van der Waals surface area contributed by atoms with Crippen LogP contribution in [0, 0.1) is 12.8 Å². The van der Waals surface area contributed by atoms with Gasteiger partial charge in [-0.1, -0.05) is 13.3 Å². The van der Waals surface area contributed by atoms with Gasteiger partial charge in [-0.25, -0.2) is 9.78 Å². The summed E-state index contributed by atoms with van der Waals surface area (Å²) in [6.45, 7) is 11.7. The molecule has 0 aliphatic heterocycles. The van der Waals surface area contributed by atoms with Gasteiger partial charge in [-0.2, -0.15) is 0 Å². The number of carbonyl (C=O) groups is 1. The fraction of sp³-hybridized carbons (Fsp3) is 0.737. The highest BCUT2D eigenvalue weighted by Crippen LogP contribution is 2.24. The molecule has 0 bridgehead atoms. The maximum atomic E-state index is 12.0. The number of aliphatic hydroxyl groups excluding tert-OH is 1. The van der Waals surface area contributed by atoms with Crippen LogP contribution in [0.15, 0.2) is 4.99 Å². The van der Waals surface area contributed by atoms with Gasteiger partial charge < -0.3 is 20.5 Å². The molecule has 27 heavy (non-hydrogen) atoms. The van der Waals surface area contributed by atoms with Gasteiger partial charge in [-0.15, -0.1) is 11.3 Å². The molecule has 2 atom stereocenters. The van der Waals surface area contributed by atoms with Gasteiger partial charge in [0, 0.05) is 19.7 Å². The van der Waals surface area contributed by atoms with Gasteiger partial charge in [0.25, 0.3) is 0 Å². The number of aryl methyl sites for hydroxylation is 1. The Kier molecular flexibility index (Phi) is 11.0. The van der Waals surface area contributed by atoms with Crippen molar-refractivity contribution in [3.8, 4) is 0 Å². The second kappa shape index (κ2) is 12.7. The molecule has 1 heterocycles. The van der Waals surface area contributed by atoms with Crippen LogP contribution < -0.4 is 10.6 Å². The molecule has 7 nitrogen and oxygen atoms in total. The van der Waals surface area contributed by atoms with E-state index in [1.165, 1.54) is 11.3 Å². The number of nitrogens with zero attached hydrogens (tertiary/aromatic N) is 2. The number of aliphatic hydroxyl groups is 1. The molecule has 3 N–H and O–H groups in total. The fourth-order valence-corrected chi connectivity index (χ4v) is 3.68. The number of hydrogen-bond acceptors (Lipinski definition) is 6. The summed E-state index contributed by atoms with van der Waals surface area (Å²) < 4.78 is 5.09. The monoisotopic (exact) mass is 398 g/mol. The number of ether oxygens (including phenoxy) is 1. The molecular formula is C19H34N4O3S. The molecule has 0 spiro atoms. The lowest BCUT2D eigenvalue weighted by Crippen LogP contribution is -2.39. The molecule has 2 unspecified atom stereocenters. The molecule has 0 aliphatic carbocycles. The molecule has 1 aromatic rings. The quantitative estimate of drug-likeness (QED) is 0.301. The van der Waals surface area contributed by atoms with E-state index < -0.39 is 0 Å². The number of hydrogen-bond donors (Lipinski definition) is 3. The van der Waals surface area contributed by atoms with Crippen molar-refractivity contribution in [2.45, 2.75) is 59.9 Å². The Morgan fingerprint density at radius 3 is 2.67 bits per heavy atom. The van der Waals surface area contributed by atoms with E-state index in [-0.39, 0.29) is 18.6 Å². The SMILES string of the molecule is CCCC(CCO)CN=C(NCC)NC(C)c1nc(C)c(C(=O)OCC)s1. The number of aliphatic imine (C=N–C) groups is 1. The van der Waals surface area contributed by atoms with Crippen LogP contribution in [-0.4, -0.2) is 48.3 Å². The van der Waals surface area contributed by atoms with Crippen molar-refractivity contribution in [1.82, 2.24) is 15.6 Å². The van der Waals surface area contributed by atoms with Crippen molar-refractivity contribution in [2.24, 2.45) is 10.9 Å². The Bertz CT molecular complexity index is 598. The predicted octanol–water partition coefficient (Wildman–Crippen LogP) is 3.04. The molecule has 0 aliphatic rings. The van der Waals surface area contributed by atoms with Crippen LogP contribution in [0.25, 0.3) is 0 Å². The van der Waals surface area contributed by atoms with Crippen molar-refractivity contribution >= 4 is 23.3 Å². The number of rotatable bonds is 11. The maximum absolute atomic E-state index is 12.0. The molecule has 0 fully saturated rings. The van der Waals surface area contributed by atoms with Crippen LogP contribution in [-0.2, 0) is 4.74 Å². The van der Waals surface area contributed by atoms with Gasteiger partial charge in [-0.05, 0) is 46.5 Å². The van der Waals surface area contributed by atoms with Crippen LogP contribution in [0.2, 0.25) is 0 Å². The zero-order valence-corrected chi connectivity index (χ0v) is 18.0. The third-order valence-corrected chi connectivity index (χ3v) is 5.40. The summed E-state index contributed by atoms with van der Waals surface area (Å²) in [5.41, 5.74) is 0.690. The standard InChI is InChI=1S/C19H34N4O3S/c1-6-9-15(10-11-24)12-21-19(20-7-2)23-14(5)17-22-13(4)16(27-17)18(25)26-8-3/h14-15,24H,6-12H2,1-5H3,(H2,20,21,23). The van der Waals surface area contributed by atoms with E-state index in [4.69, 9.17) is 4.74 Å². The first-order valence-electron chi connectivity index (χ1n) is 9.76. The molecule has 1 aromatic heterocycles. The number of carbonyl (C=O) groups excluding carboxylic acids is 1. The Morgan fingerprint density at radius 1 is 1.33 bits per heavy atom. The fourth-order valence-electron chi connectivity index (χ4n) is 2.71. The summed E-state index contributed by atoms with van der Waals surface area (Å²) in [6, 6.07) is -0.0860. The number of guanidine groups is 1. The zero-order valence-electron chi connectivity index (χ0n) is 17.2. The average Bonchev–Trinajstić information content (AvgIpc) is 3.02. The van der Waals surface area contributed by atoms with Gasteiger partial charge in [0.05, 0.1) is 18.3 Å². The molecule has 8 heteroatoms. The molecule has 0 radical (unpaired) electrons. The first kappa shape index (κ1) is 23.4. The van der Waals surface area contributed by atoms with Crippen LogP contribution >= 0.6 is 11.3 Å². The lowest BCUT2D eigenvalue weighted by Gasteiger charge is -2.18. The first-order chi connectivity index (χ1) is 13.0. The van der Waals surface area contributed by atoms with Crippen LogP contribution in [0.4, 0.5) is 0 Å². The number of aromatic nitrogens is 1. The van der Waals surface area contributed by atoms with E-state index in [1.54, 1.807) is 6.92 Å². The van der Waals surface area contributed by atoms with Crippen molar-refractivity contribution in [3.05, 3.63) is 15.6 Å². The minimum Gasteiger partial charge on any atom is -0.462 e. The summed E-state index contributed by atoms with van der Waals surface area (Å²) in [4.78, 5) is 21.7. The van der Waals surface area contributed by atoms with E-state index in [2.05, 4.69) is 27.5 Å². The summed E-state index contributed by atoms with van der Waals surface area (Å²) in [7, 11) is 0. The van der Waals surface area contributed by atoms with Gasteiger partial charge in [0.1, 0.15) is 9.88 Å².